The van der Waals surface area contributed by atoms with Crippen molar-refractivity contribution in [2.75, 3.05) is 45.8 Å². The Labute approximate surface area is 159 Å². The number of rotatable bonds is 16. The van der Waals surface area contributed by atoms with Crippen LogP contribution in [0.25, 0.3) is 0 Å². The summed E-state index contributed by atoms with van der Waals surface area (Å²) in [5, 5.41) is 51.8. The van der Waals surface area contributed by atoms with Crippen LogP contribution in [0.3, 0.4) is 0 Å². The molecule has 1 atom stereocenters. The number of carboxylic acid groups (broad SMARTS) is 5. The zero-order valence-electron chi connectivity index (χ0n) is 15.0. The Balaban J connectivity index is 0. The van der Waals surface area contributed by atoms with Gasteiger partial charge in [0.1, 0.15) is 0 Å². The van der Waals surface area contributed by atoms with Gasteiger partial charge in [-0.1, -0.05) is 0 Å². The molecule has 0 heterocycles. The second-order valence-corrected chi connectivity index (χ2v) is 5.24. The molecule has 162 valence electrons. The average molecular weight is 410 g/mol. The van der Waals surface area contributed by atoms with E-state index in [1.165, 1.54) is 0 Å². The first-order valence-corrected chi connectivity index (χ1v) is 7.99. The van der Waals surface area contributed by atoms with Gasteiger partial charge in [0.25, 0.3) is 0 Å². The molecule has 0 rings (SSSR count). The van der Waals surface area contributed by atoms with Crippen molar-refractivity contribution < 1.29 is 49.5 Å². The maximum absolute atomic E-state index is 10.4. The summed E-state index contributed by atoms with van der Waals surface area (Å²) in [6, 6.07) is -0.618. The molecular weight excluding hydrogens is 384 g/mol. The molecule has 9 N–H and O–H groups in total. The van der Waals surface area contributed by atoms with Gasteiger partial charge < -0.3 is 46.8 Å². The summed E-state index contributed by atoms with van der Waals surface area (Å²) in [7, 11) is 0. The van der Waals surface area contributed by atoms with E-state index in [1.807, 2.05) is 0 Å². The van der Waals surface area contributed by atoms with Gasteiger partial charge in [0.15, 0.2) is 0 Å². The number of carboxylic acids is 5. The van der Waals surface area contributed by atoms with Crippen molar-refractivity contribution in [1.82, 2.24) is 21.3 Å². The van der Waals surface area contributed by atoms with Gasteiger partial charge in [-0.25, -0.2) is 0 Å². The molecule has 0 aromatic carbocycles. The van der Waals surface area contributed by atoms with E-state index in [0.29, 0.717) is 13.1 Å². The number of hydrogen-bond acceptors (Lipinski definition) is 9. The summed E-state index contributed by atoms with van der Waals surface area (Å²) in [5.74, 6) is -5.09. The molecule has 14 nitrogen and oxygen atoms in total. The van der Waals surface area contributed by atoms with Gasteiger partial charge in [-0.3, -0.25) is 24.0 Å². The molecule has 0 spiro atoms. The molecule has 0 aliphatic heterocycles. The van der Waals surface area contributed by atoms with Gasteiger partial charge in [0.05, 0.1) is 32.6 Å². The van der Waals surface area contributed by atoms with E-state index in [1.54, 1.807) is 0 Å². The van der Waals surface area contributed by atoms with Crippen molar-refractivity contribution in [3.63, 3.8) is 0 Å². The van der Waals surface area contributed by atoms with Crippen molar-refractivity contribution in [3.05, 3.63) is 0 Å². The van der Waals surface area contributed by atoms with Crippen LogP contribution in [0.15, 0.2) is 0 Å². The van der Waals surface area contributed by atoms with Crippen LogP contribution in [-0.4, -0.2) is 107 Å². The molecule has 0 radical (unpaired) electrons. The van der Waals surface area contributed by atoms with E-state index in [0.717, 1.165) is 0 Å². The van der Waals surface area contributed by atoms with Crippen LogP contribution >= 0.6 is 0 Å². The van der Waals surface area contributed by atoms with Crippen LogP contribution in [-0.2, 0) is 24.0 Å². The van der Waals surface area contributed by atoms with E-state index < -0.39 is 35.9 Å². The van der Waals surface area contributed by atoms with Crippen molar-refractivity contribution in [2.24, 2.45) is 0 Å². The molecule has 14 heteroatoms. The van der Waals surface area contributed by atoms with Crippen LogP contribution in [0.4, 0.5) is 0 Å². The largest absolute Gasteiger partial charge is 0.481 e. The lowest BCUT2D eigenvalue weighted by atomic mass is 10.2. The topological polar surface area (TPSA) is 235 Å². The van der Waals surface area contributed by atoms with Crippen molar-refractivity contribution in [3.8, 4) is 0 Å². The summed E-state index contributed by atoms with van der Waals surface area (Å²) in [6.45, 7) is 0.0894. The predicted molar refractivity (Wildman–Crippen MR) is 93.2 cm³/mol. The molecule has 0 saturated carbocycles. The van der Waals surface area contributed by atoms with Crippen LogP contribution in [0.1, 0.15) is 6.42 Å². The van der Waals surface area contributed by atoms with E-state index >= 15 is 0 Å². The molecule has 0 saturated heterocycles. The molecule has 0 amide bonds. The van der Waals surface area contributed by atoms with Gasteiger partial charge in [0.2, 0.25) is 0 Å². The second kappa shape index (κ2) is 17.6. The summed E-state index contributed by atoms with van der Waals surface area (Å²) >= 11 is 0. The highest BCUT2D eigenvalue weighted by Gasteiger charge is 2.14. The summed E-state index contributed by atoms with van der Waals surface area (Å²) in [6.07, 6.45) is -0.278. The highest BCUT2D eigenvalue weighted by atomic mass is 16.4. The minimum atomic E-state index is -1.10. The summed E-state index contributed by atoms with van der Waals surface area (Å²) in [5.41, 5.74) is 0. The maximum atomic E-state index is 10.4. The molecule has 0 aliphatic rings. The molecule has 0 aromatic heterocycles. The Morgan fingerprint density at radius 3 is 1.32 bits per heavy atom. The highest BCUT2D eigenvalue weighted by Crippen LogP contribution is 1.90. The third kappa shape index (κ3) is 25.4. The molecular formula is C14H26N4O10. The van der Waals surface area contributed by atoms with E-state index in [4.69, 9.17) is 25.5 Å². The van der Waals surface area contributed by atoms with Gasteiger partial charge >= 0.3 is 29.8 Å². The molecule has 0 bridgehead atoms. The fourth-order valence-electron chi connectivity index (χ4n) is 1.58. The quantitative estimate of drug-likeness (QED) is 0.112. The van der Waals surface area contributed by atoms with Crippen molar-refractivity contribution in [2.45, 2.75) is 12.5 Å². The Hall–Kier alpha value is -2.81. The van der Waals surface area contributed by atoms with E-state index in [2.05, 4.69) is 21.3 Å². The van der Waals surface area contributed by atoms with Gasteiger partial charge in [-0.05, 0) is 0 Å². The normalized spacial score (nSPS) is 11.0. The van der Waals surface area contributed by atoms with Crippen molar-refractivity contribution in [1.29, 1.82) is 0 Å². The standard InChI is InChI=1S/C8H14N2O6.C6H12N2O4/c11-6(12)1-5(10-4-8(15)16)2-9-3-7(13)14;9-5(10)3-7-1-2-8-4-6(11)12/h5,9-10H,1-4H2,(H,11,12)(H,13,14)(H,15,16);7-8H,1-4H2,(H,9,10)(H,11,12). The second-order valence-electron chi connectivity index (χ2n) is 5.24. The van der Waals surface area contributed by atoms with Gasteiger partial charge in [-0.2, -0.15) is 0 Å². The zero-order chi connectivity index (χ0) is 21.9. The van der Waals surface area contributed by atoms with Crippen LogP contribution in [0, 0.1) is 0 Å². The average Bonchev–Trinajstić information content (AvgIpc) is 2.55. The lowest BCUT2D eigenvalue weighted by molar-refractivity contribution is -0.139. The Morgan fingerprint density at radius 1 is 0.571 bits per heavy atom. The fraction of sp³-hybridized carbons (Fsp3) is 0.643. The summed E-state index contributed by atoms with van der Waals surface area (Å²) in [4.78, 5) is 50.8. The number of hydrogen-bond donors (Lipinski definition) is 9. The number of nitrogens with one attached hydrogen (secondary N) is 4. The first-order chi connectivity index (χ1) is 13.0. The SMILES string of the molecule is O=C(O)CNCC(CC(=O)O)NCC(=O)O.O=C(O)CNCCNCC(=O)O. The minimum Gasteiger partial charge on any atom is -0.481 e. The first-order valence-electron chi connectivity index (χ1n) is 7.99. The molecule has 0 fully saturated rings. The fourth-order valence-corrected chi connectivity index (χ4v) is 1.58. The first kappa shape index (κ1) is 27.4. The molecule has 0 aliphatic carbocycles. The number of aliphatic carboxylic acids is 5. The van der Waals surface area contributed by atoms with Crippen molar-refractivity contribution >= 4 is 29.8 Å². The molecule has 0 aromatic rings. The van der Waals surface area contributed by atoms with Crippen LogP contribution in [0.2, 0.25) is 0 Å². The predicted octanol–water partition coefficient (Wildman–Crippen LogP) is -3.49. The minimum absolute atomic E-state index is 0.0753. The molecule has 28 heavy (non-hydrogen) atoms. The van der Waals surface area contributed by atoms with E-state index in [-0.39, 0.29) is 39.1 Å². The Kier molecular flexibility index (Phi) is 17.2. The van der Waals surface area contributed by atoms with E-state index in [9.17, 15) is 24.0 Å². The third-order valence-electron chi connectivity index (χ3n) is 2.66. The highest BCUT2D eigenvalue weighted by molar-refractivity contribution is 5.70. The number of carbonyl (C=O) groups is 5. The van der Waals surface area contributed by atoms with Crippen LogP contribution in [0.5, 0.6) is 0 Å². The lowest BCUT2D eigenvalue weighted by Gasteiger charge is -2.15. The summed E-state index contributed by atoms with van der Waals surface area (Å²) < 4.78 is 0. The Bertz CT molecular complexity index is 496. The lowest BCUT2D eigenvalue weighted by Crippen LogP contribution is -2.43. The zero-order valence-corrected chi connectivity index (χ0v) is 15.0. The van der Waals surface area contributed by atoms with Gasteiger partial charge in [0, 0.05) is 25.7 Å². The maximum Gasteiger partial charge on any atom is 0.317 e. The third-order valence-corrected chi connectivity index (χ3v) is 2.66. The van der Waals surface area contributed by atoms with Gasteiger partial charge in [-0.15, -0.1) is 0 Å². The smallest absolute Gasteiger partial charge is 0.317 e. The molecule has 1 unspecified atom stereocenters. The van der Waals surface area contributed by atoms with Crippen LogP contribution < -0.4 is 21.3 Å². The monoisotopic (exact) mass is 410 g/mol. The Morgan fingerprint density at radius 2 is 0.964 bits per heavy atom.